The molecule has 1 unspecified atom stereocenters. The van der Waals surface area contributed by atoms with Crippen LogP contribution in [0.15, 0.2) is 15.9 Å². The molecular formula is C12H17BrN2O2S. The van der Waals surface area contributed by atoms with Crippen LogP contribution in [0.4, 0.5) is 0 Å². The van der Waals surface area contributed by atoms with E-state index in [1.54, 1.807) is 16.2 Å². The molecule has 4 nitrogen and oxygen atoms in total. The van der Waals surface area contributed by atoms with E-state index in [0.29, 0.717) is 19.6 Å². The maximum absolute atomic E-state index is 12.0. The van der Waals surface area contributed by atoms with Crippen LogP contribution in [0.25, 0.3) is 0 Å². The van der Waals surface area contributed by atoms with Gasteiger partial charge in [-0.1, -0.05) is 0 Å². The van der Waals surface area contributed by atoms with Crippen LogP contribution in [0.1, 0.15) is 11.3 Å². The number of thiophene rings is 1. The number of carbonyl (C=O) groups excluding carboxylic acids is 1. The van der Waals surface area contributed by atoms with E-state index in [4.69, 9.17) is 4.74 Å². The smallest absolute Gasteiger partial charge is 0.224 e. The molecule has 1 aromatic heterocycles. The molecule has 18 heavy (non-hydrogen) atoms. The summed E-state index contributed by atoms with van der Waals surface area (Å²) in [4.78, 5) is 15.0. The fraction of sp³-hybridized carbons (Fsp3) is 0.583. The van der Waals surface area contributed by atoms with E-state index < -0.39 is 0 Å². The average molecular weight is 333 g/mol. The second-order valence-corrected chi connectivity index (χ2v) is 6.32. The van der Waals surface area contributed by atoms with E-state index >= 15 is 0 Å². The Morgan fingerprint density at radius 1 is 1.72 bits per heavy atom. The largest absolute Gasteiger partial charge is 0.378 e. The molecule has 1 fully saturated rings. The van der Waals surface area contributed by atoms with Crippen molar-refractivity contribution in [3.05, 3.63) is 20.8 Å². The number of morpholine rings is 1. The Morgan fingerprint density at radius 3 is 3.17 bits per heavy atom. The number of hydrogen-bond donors (Lipinski definition) is 1. The van der Waals surface area contributed by atoms with Gasteiger partial charge in [0, 0.05) is 40.8 Å². The van der Waals surface area contributed by atoms with Gasteiger partial charge in [0.1, 0.15) is 0 Å². The van der Waals surface area contributed by atoms with Crippen molar-refractivity contribution in [2.45, 2.75) is 19.0 Å². The van der Waals surface area contributed by atoms with Crippen LogP contribution in [0, 0.1) is 0 Å². The summed E-state index contributed by atoms with van der Waals surface area (Å²) in [5, 5.41) is 5.33. The second kappa shape index (κ2) is 6.65. The van der Waals surface area contributed by atoms with Crippen LogP contribution >= 0.6 is 27.3 Å². The number of nitrogens with one attached hydrogen (secondary N) is 1. The normalized spacial score (nSPS) is 19.8. The van der Waals surface area contributed by atoms with Crippen molar-refractivity contribution < 1.29 is 9.53 Å². The van der Waals surface area contributed by atoms with Crippen molar-refractivity contribution in [1.82, 2.24) is 10.2 Å². The lowest BCUT2D eigenvalue weighted by Crippen LogP contribution is -2.44. The molecule has 1 aromatic rings. The quantitative estimate of drug-likeness (QED) is 0.914. The minimum atomic E-state index is 0.155. The molecule has 0 bridgehead atoms. The molecule has 1 atom stereocenters. The fourth-order valence-electron chi connectivity index (χ4n) is 1.88. The molecule has 2 heterocycles. The molecule has 0 radical (unpaired) electrons. The molecular weight excluding hydrogens is 316 g/mol. The highest BCUT2D eigenvalue weighted by molar-refractivity contribution is 9.10. The molecule has 0 spiro atoms. The van der Waals surface area contributed by atoms with E-state index in [2.05, 4.69) is 27.3 Å². The lowest BCUT2D eigenvalue weighted by atomic mass is 10.2. The summed E-state index contributed by atoms with van der Waals surface area (Å²) < 4.78 is 6.42. The molecule has 2 rings (SSSR count). The van der Waals surface area contributed by atoms with Crippen LogP contribution in [0.2, 0.25) is 0 Å². The highest BCUT2D eigenvalue weighted by atomic mass is 79.9. The first-order valence-corrected chi connectivity index (χ1v) is 7.60. The zero-order chi connectivity index (χ0) is 13.0. The predicted octanol–water partition coefficient (Wildman–Crippen LogP) is 1.85. The number of rotatable bonds is 4. The van der Waals surface area contributed by atoms with Gasteiger partial charge >= 0.3 is 0 Å². The van der Waals surface area contributed by atoms with E-state index in [1.165, 1.54) is 4.88 Å². The van der Waals surface area contributed by atoms with Crippen LogP contribution in [-0.4, -0.2) is 43.7 Å². The highest BCUT2D eigenvalue weighted by Crippen LogP contribution is 2.21. The van der Waals surface area contributed by atoms with Gasteiger partial charge in [-0.15, -0.1) is 11.3 Å². The third-order valence-corrected chi connectivity index (χ3v) is 4.54. The van der Waals surface area contributed by atoms with Gasteiger partial charge in [0.05, 0.1) is 19.8 Å². The molecule has 0 saturated carbocycles. The Morgan fingerprint density at radius 2 is 2.56 bits per heavy atom. The topological polar surface area (TPSA) is 41.6 Å². The fourth-order valence-corrected chi connectivity index (χ4v) is 3.38. The Bertz CT molecular complexity index is 405. The van der Waals surface area contributed by atoms with Crippen molar-refractivity contribution in [3.8, 4) is 0 Å². The highest BCUT2D eigenvalue weighted by Gasteiger charge is 2.19. The number of ether oxygens (including phenoxy) is 1. The van der Waals surface area contributed by atoms with Crippen molar-refractivity contribution in [2.24, 2.45) is 0 Å². The summed E-state index contributed by atoms with van der Waals surface area (Å²) in [7, 11) is 1.85. The van der Waals surface area contributed by atoms with E-state index in [9.17, 15) is 4.79 Å². The van der Waals surface area contributed by atoms with Gasteiger partial charge < -0.3 is 15.0 Å². The van der Waals surface area contributed by atoms with Crippen molar-refractivity contribution in [3.63, 3.8) is 0 Å². The summed E-state index contributed by atoms with van der Waals surface area (Å²) in [5.74, 6) is 0.155. The standard InChI is InChI=1S/C12H17BrN2O2S/c1-15(6-11-4-9(13)8-18-11)12(16)5-10-7-17-3-2-14-10/h4,8,10,14H,2-3,5-7H2,1H3. The minimum Gasteiger partial charge on any atom is -0.378 e. The minimum absolute atomic E-state index is 0.155. The van der Waals surface area contributed by atoms with E-state index in [1.807, 2.05) is 12.4 Å². The summed E-state index contributed by atoms with van der Waals surface area (Å²) in [6, 6.07) is 2.21. The lowest BCUT2D eigenvalue weighted by Gasteiger charge is -2.25. The lowest BCUT2D eigenvalue weighted by molar-refractivity contribution is -0.131. The number of carbonyl (C=O) groups is 1. The maximum atomic E-state index is 12.0. The first-order chi connectivity index (χ1) is 8.65. The Balaban J connectivity index is 1.80. The van der Waals surface area contributed by atoms with Crippen molar-refractivity contribution in [1.29, 1.82) is 0 Å². The van der Waals surface area contributed by atoms with Gasteiger partial charge in [-0.2, -0.15) is 0 Å². The third-order valence-electron chi connectivity index (χ3n) is 2.86. The van der Waals surface area contributed by atoms with Gasteiger partial charge in [-0.05, 0) is 22.0 Å². The van der Waals surface area contributed by atoms with E-state index in [-0.39, 0.29) is 11.9 Å². The number of nitrogens with zero attached hydrogens (tertiary/aromatic N) is 1. The monoisotopic (exact) mass is 332 g/mol. The molecule has 0 aromatic carbocycles. The van der Waals surface area contributed by atoms with E-state index in [0.717, 1.165) is 17.6 Å². The number of halogens is 1. The van der Waals surface area contributed by atoms with Gasteiger partial charge in [0.2, 0.25) is 5.91 Å². The maximum Gasteiger partial charge on any atom is 0.224 e. The third kappa shape index (κ3) is 4.05. The van der Waals surface area contributed by atoms with Crippen molar-refractivity contribution in [2.75, 3.05) is 26.8 Å². The molecule has 1 N–H and O–H groups in total. The van der Waals surface area contributed by atoms with Gasteiger partial charge in [-0.25, -0.2) is 0 Å². The molecule has 1 aliphatic rings. The summed E-state index contributed by atoms with van der Waals surface area (Å²) >= 11 is 5.08. The summed E-state index contributed by atoms with van der Waals surface area (Å²) in [5.41, 5.74) is 0. The van der Waals surface area contributed by atoms with Gasteiger partial charge in [0.25, 0.3) is 0 Å². The summed E-state index contributed by atoms with van der Waals surface area (Å²) in [6.07, 6.45) is 0.503. The Labute approximate surface area is 119 Å². The molecule has 6 heteroatoms. The Hall–Kier alpha value is -0.430. The zero-order valence-corrected chi connectivity index (χ0v) is 12.7. The van der Waals surface area contributed by atoms with Crippen LogP contribution in [0.5, 0.6) is 0 Å². The summed E-state index contributed by atoms with van der Waals surface area (Å²) in [6.45, 7) is 2.87. The first kappa shape index (κ1) is 14.0. The molecule has 100 valence electrons. The SMILES string of the molecule is CN(Cc1cc(Br)cs1)C(=O)CC1COCCN1. The molecule has 1 amide bonds. The zero-order valence-electron chi connectivity index (χ0n) is 10.3. The van der Waals surface area contributed by atoms with Gasteiger partial charge in [0.15, 0.2) is 0 Å². The number of amides is 1. The molecule has 1 saturated heterocycles. The second-order valence-electron chi connectivity index (χ2n) is 4.41. The average Bonchev–Trinajstić information content (AvgIpc) is 2.76. The molecule has 0 aliphatic carbocycles. The first-order valence-electron chi connectivity index (χ1n) is 5.93. The Kier molecular flexibility index (Phi) is 5.17. The molecule has 1 aliphatic heterocycles. The van der Waals surface area contributed by atoms with Crippen LogP contribution < -0.4 is 5.32 Å². The van der Waals surface area contributed by atoms with Gasteiger partial charge in [-0.3, -0.25) is 4.79 Å². The van der Waals surface area contributed by atoms with Crippen molar-refractivity contribution >= 4 is 33.2 Å². The van der Waals surface area contributed by atoms with Crippen LogP contribution in [0.3, 0.4) is 0 Å². The number of hydrogen-bond acceptors (Lipinski definition) is 4. The van der Waals surface area contributed by atoms with Crippen LogP contribution in [-0.2, 0) is 16.1 Å². The predicted molar refractivity (Wildman–Crippen MR) is 75.7 cm³/mol.